The molecule has 1 aliphatic rings. The van der Waals surface area contributed by atoms with Crippen LogP contribution in [0.5, 0.6) is 0 Å². The van der Waals surface area contributed by atoms with Crippen molar-refractivity contribution in [3.8, 4) is 0 Å². The highest BCUT2D eigenvalue weighted by atomic mass is 79.9. The van der Waals surface area contributed by atoms with Crippen LogP contribution >= 0.6 is 27.5 Å². The van der Waals surface area contributed by atoms with E-state index in [-0.39, 0.29) is 23.9 Å². The molecule has 7 heteroatoms. The second-order valence-corrected chi connectivity index (χ2v) is 8.92. The van der Waals surface area contributed by atoms with E-state index in [1.807, 2.05) is 0 Å². The van der Waals surface area contributed by atoms with Gasteiger partial charge in [-0.25, -0.2) is 8.42 Å². The molecule has 1 saturated heterocycles. The minimum absolute atomic E-state index is 0.153. The molecule has 120 valence electrons. The molecule has 0 bridgehead atoms. The molecule has 0 N–H and O–H groups in total. The maximum absolute atomic E-state index is 12.5. The number of hydrogen-bond acceptors (Lipinski definition) is 3. The third-order valence-electron chi connectivity index (χ3n) is 3.81. The van der Waals surface area contributed by atoms with Crippen molar-refractivity contribution in [2.45, 2.75) is 10.1 Å². The summed E-state index contributed by atoms with van der Waals surface area (Å²) < 4.78 is 25.9. The zero-order chi connectivity index (χ0) is 16.6. The Morgan fingerprint density at radius 2 is 1.61 bits per heavy atom. The van der Waals surface area contributed by atoms with E-state index in [2.05, 4.69) is 15.9 Å². The Morgan fingerprint density at radius 1 is 1.04 bits per heavy atom. The molecule has 0 aliphatic carbocycles. The van der Waals surface area contributed by atoms with Crippen LogP contribution in [-0.2, 0) is 9.84 Å². The molecule has 0 atom stereocenters. The molecule has 0 unspecified atom stereocenters. The van der Waals surface area contributed by atoms with Crippen LogP contribution in [0.25, 0.3) is 0 Å². The lowest BCUT2D eigenvalue weighted by Crippen LogP contribution is -2.56. The van der Waals surface area contributed by atoms with Gasteiger partial charge >= 0.3 is 0 Å². The van der Waals surface area contributed by atoms with Gasteiger partial charge in [-0.3, -0.25) is 4.79 Å². The summed E-state index contributed by atoms with van der Waals surface area (Å²) in [5, 5.41) is -0.0762. The van der Waals surface area contributed by atoms with Crippen molar-refractivity contribution in [2.75, 3.05) is 13.1 Å². The molecule has 2 aromatic carbocycles. The number of rotatable bonds is 3. The van der Waals surface area contributed by atoms with Gasteiger partial charge in [-0.1, -0.05) is 27.5 Å². The molecule has 0 saturated carbocycles. The monoisotopic (exact) mass is 413 g/mol. The van der Waals surface area contributed by atoms with E-state index >= 15 is 0 Å². The topological polar surface area (TPSA) is 54.5 Å². The predicted molar refractivity (Wildman–Crippen MR) is 92.5 cm³/mol. The van der Waals surface area contributed by atoms with E-state index in [9.17, 15) is 13.2 Å². The molecule has 1 amide bonds. The Bertz CT molecular complexity index is 829. The molecule has 2 aromatic rings. The minimum atomic E-state index is -3.43. The summed E-state index contributed by atoms with van der Waals surface area (Å²) >= 11 is 9.10. The number of carbonyl (C=O) groups is 1. The molecule has 0 spiro atoms. The first-order valence-electron chi connectivity index (χ1n) is 6.92. The molecular weight excluding hydrogens is 402 g/mol. The SMILES string of the molecule is O=C(c1ccc(Br)cc1)N1CC(S(=O)(=O)c2ccc(Cl)cc2)C1. The van der Waals surface area contributed by atoms with Gasteiger partial charge in [0.2, 0.25) is 0 Å². The number of halogens is 2. The van der Waals surface area contributed by atoms with Crippen LogP contribution in [0.1, 0.15) is 10.4 Å². The van der Waals surface area contributed by atoms with Gasteiger partial charge in [0.15, 0.2) is 9.84 Å². The molecule has 1 heterocycles. The van der Waals surface area contributed by atoms with Crippen molar-refractivity contribution in [1.82, 2.24) is 4.90 Å². The highest BCUT2D eigenvalue weighted by Crippen LogP contribution is 2.26. The predicted octanol–water partition coefficient (Wildman–Crippen LogP) is 3.40. The van der Waals surface area contributed by atoms with Crippen molar-refractivity contribution in [3.63, 3.8) is 0 Å². The minimum Gasteiger partial charge on any atom is -0.336 e. The Labute approximate surface area is 148 Å². The molecule has 23 heavy (non-hydrogen) atoms. The fourth-order valence-corrected chi connectivity index (χ4v) is 4.44. The third kappa shape index (κ3) is 3.29. The van der Waals surface area contributed by atoms with Crippen LogP contribution in [0.15, 0.2) is 57.9 Å². The number of amides is 1. The first-order chi connectivity index (χ1) is 10.9. The van der Waals surface area contributed by atoms with Crippen LogP contribution in [0.4, 0.5) is 0 Å². The van der Waals surface area contributed by atoms with Gasteiger partial charge in [-0.2, -0.15) is 0 Å². The zero-order valence-corrected chi connectivity index (χ0v) is 15.1. The molecule has 0 radical (unpaired) electrons. The fourth-order valence-electron chi connectivity index (χ4n) is 2.39. The van der Waals surface area contributed by atoms with Gasteiger partial charge in [0.05, 0.1) is 4.90 Å². The van der Waals surface area contributed by atoms with E-state index in [0.717, 1.165) is 4.47 Å². The van der Waals surface area contributed by atoms with Gasteiger partial charge in [-0.15, -0.1) is 0 Å². The number of carbonyl (C=O) groups excluding carboxylic acids is 1. The van der Waals surface area contributed by atoms with E-state index in [1.54, 1.807) is 41.3 Å². The average molecular weight is 415 g/mol. The third-order valence-corrected chi connectivity index (χ3v) is 6.69. The number of nitrogens with zero attached hydrogens (tertiary/aromatic N) is 1. The lowest BCUT2D eigenvalue weighted by atomic mass is 10.1. The summed E-state index contributed by atoms with van der Waals surface area (Å²) in [6, 6.07) is 13.1. The summed E-state index contributed by atoms with van der Waals surface area (Å²) in [4.78, 5) is 14.1. The largest absolute Gasteiger partial charge is 0.336 e. The van der Waals surface area contributed by atoms with Crippen LogP contribution in [0.3, 0.4) is 0 Å². The van der Waals surface area contributed by atoms with Gasteiger partial charge in [0, 0.05) is 28.1 Å². The van der Waals surface area contributed by atoms with Gasteiger partial charge in [0.25, 0.3) is 5.91 Å². The highest BCUT2D eigenvalue weighted by Gasteiger charge is 2.40. The molecule has 1 fully saturated rings. The van der Waals surface area contributed by atoms with E-state index < -0.39 is 15.1 Å². The number of sulfone groups is 1. The molecular formula is C16H13BrClNO3S. The first-order valence-corrected chi connectivity index (χ1v) is 9.64. The number of likely N-dealkylation sites (tertiary alicyclic amines) is 1. The van der Waals surface area contributed by atoms with Crippen LogP contribution in [0, 0.1) is 0 Å². The van der Waals surface area contributed by atoms with Gasteiger partial charge in [0.1, 0.15) is 5.25 Å². The zero-order valence-electron chi connectivity index (χ0n) is 11.9. The highest BCUT2D eigenvalue weighted by molar-refractivity contribution is 9.10. The summed E-state index contributed by atoms with van der Waals surface area (Å²) in [6.45, 7) is 0.416. The molecule has 0 aromatic heterocycles. The first kappa shape index (κ1) is 16.5. The molecule has 1 aliphatic heterocycles. The maximum atomic E-state index is 12.5. The Balaban J connectivity index is 1.69. The van der Waals surface area contributed by atoms with E-state index in [0.29, 0.717) is 10.6 Å². The van der Waals surface area contributed by atoms with Crippen molar-refractivity contribution in [2.24, 2.45) is 0 Å². The second-order valence-electron chi connectivity index (χ2n) is 5.34. The Kier molecular flexibility index (Phi) is 4.49. The summed E-state index contributed by atoms with van der Waals surface area (Å²) in [6.07, 6.45) is 0. The summed E-state index contributed by atoms with van der Waals surface area (Å²) in [5.74, 6) is -0.153. The smallest absolute Gasteiger partial charge is 0.253 e. The standard InChI is InChI=1S/C16H13BrClNO3S/c17-12-3-1-11(2-4-12)16(20)19-9-15(10-19)23(21,22)14-7-5-13(18)6-8-14/h1-8,15H,9-10H2. The van der Waals surface area contributed by atoms with Crippen LogP contribution in [0.2, 0.25) is 5.02 Å². The lowest BCUT2D eigenvalue weighted by Gasteiger charge is -2.38. The number of benzene rings is 2. The lowest BCUT2D eigenvalue weighted by molar-refractivity contribution is 0.0659. The maximum Gasteiger partial charge on any atom is 0.253 e. The molecule has 3 rings (SSSR count). The fraction of sp³-hybridized carbons (Fsp3) is 0.188. The van der Waals surface area contributed by atoms with E-state index in [4.69, 9.17) is 11.6 Å². The Morgan fingerprint density at radius 3 is 2.17 bits per heavy atom. The quantitative estimate of drug-likeness (QED) is 0.773. The summed E-state index contributed by atoms with van der Waals surface area (Å²) in [7, 11) is -3.43. The van der Waals surface area contributed by atoms with Crippen LogP contribution in [-0.4, -0.2) is 37.6 Å². The van der Waals surface area contributed by atoms with Crippen molar-refractivity contribution < 1.29 is 13.2 Å². The van der Waals surface area contributed by atoms with E-state index in [1.165, 1.54) is 12.1 Å². The van der Waals surface area contributed by atoms with Crippen molar-refractivity contribution in [3.05, 3.63) is 63.6 Å². The Hall–Kier alpha value is -1.37. The molecule has 4 nitrogen and oxygen atoms in total. The van der Waals surface area contributed by atoms with Crippen molar-refractivity contribution in [1.29, 1.82) is 0 Å². The van der Waals surface area contributed by atoms with Gasteiger partial charge in [-0.05, 0) is 48.5 Å². The summed E-state index contributed by atoms with van der Waals surface area (Å²) in [5.41, 5.74) is 0.551. The van der Waals surface area contributed by atoms with Crippen molar-refractivity contribution >= 4 is 43.3 Å². The second kappa shape index (κ2) is 6.26. The average Bonchev–Trinajstić information content (AvgIpc) is 2.46. The normalized spacial score (nSPS) is 15.3. The van der Waals surface area contributed by atoms with Gasteiger partial charge < -0.3 is 4.90 Å². The number of hydrogen-bond donors (Lipinski definition) is 0. The van der Waals surface area contributed by atoms with Crippen LogP contribution < -0.4 is 0 Å².